The predicted octanol–water partition coefficient (Wildman–Crippen LogP) is 0.592. The molecule has 92 valence electrons. The van der Waals surface area contributed by atoms with Gasteiger partial charge in [0, 0.05) is 18.6 Å². The highest BCUT2D eigenvalue weighted by atomic mass is 16.3. The van der Waals surface area contributed by atoms with Crippen LogP contribution in [-0.4, -0.2) is 33.8 Å². The minimum Gasteiger partial charge on any atom is -0.396 e. The van der Waals surface area contributed by atoms with E-state index in [0.717, 1.165) is 11.1 Å². The van der Waals surface area contributed by atoms with Gasteiger partial charge in [-0.05, 0) is 24.0 Å². The highest BCUT2D eigenvalue weighted by molar-refractivity contribution is 6.00. The van der Waals surface area contributed by atoms with Crippen molar-refractivity contribution in [3.63, 3.8) is 0 Å². The van der Waals surface area contributed by atoms with E-state index in [-0.39, 0.29) is 18.8 Å². The van der Waals surface area contributed by atoms with Crippen LogP contribution in [0.5, 0.6) is 0 Å². The van der Waals surface area contributed by atoms with Crippen LogP contribution in [0.4, 0.5) is 0 Å². The molecular weight excluding hydrogens is 220 g/mol. The first kappa shape index (κ1) is 12.2. The molecule has 1 aromatic carbocycles. The predicted molar refractivity (Wildman–Crippen MR) is 61.8 cm³/mol. The van der Waals surface area contributed by atoms with E-state index >= 15 is 0 Å². The first-order valence-corrected chi connectivity index (χ1v) is 5.76. The summed E-state index contributed by atoms with van der Waals surface area (Å²) < 4.78 is 0. The Hall–Kier alpha value is -1.23. The van der Waals surface area contributed by atoms with Gasteiger partial charge in [-0.15, -0.1) is 0 Å². The largest absolute Gasteiger partial charge is 0.396 e. The van der Waals surface area contributed by atoms with Gasteiger partial charge in [0.1, 0.15) is 6.10 Å². The van der Waals surface area contributed by atoms with Gasteiger partial charge < -0.3 is 15.3 Å². The molecule has 2 unspecified atom stereocenters. The summed E-state index contributed by atoms with van der Waals surface area (Å²) in [5.74, 6) is 0.136. The Morgan fingerprint density at radius 1 is 1.24 bits per heavy atom. The molecule has 1 aliphatic carbocycles. The summed E-state index contributed by atoms with van der Waals surface area (Å²) in [6.07, 6.45) is -0.630. The Morgan fingerprint density at radius 2 is 2.00 bits per heavy atom. The lowest BCUT2D eigenvalue weighted by Gasteiger charge is -2.17. The zero-order chi connectivity index (χ0) is 12.4. The molecule has 1 aliphatic rings. The molecule has 4 heteroatoms. The maximum Gasteiger partial charge on any atom is 0.163 e. The lowest BCUT2D eigenvalue weighted by Crippen LogP contribution is -2.19. The molecule has 0 saturated heterocycles. The van der Waals surface area contributed by atoms with Crippen LogP contribution in [-0.2, 0) is 6.42 Å². The number of carbonyl (C=O) groups excluding carboxylic acids is 1. The fourth-order valence-electron chi connectivity index (χ4n) is 2.17. The molecule has 0 radical (unpaired) electrons. The quantitative estimate of drug-likeness (QED) is 0.715. The topological polar surface area (TPSA) is 77.8 Å². The average molecular weight is 236 g/mol. The lowest BCUT2D eigenvalue weighted by molar-refractivity contribution is 0.00419. The number of aryl methyl sites for hydroxylation is 1. The van der Waals surface area contributed by atoms with Crippen LogP contribution in [0.25, 0.3) is 0 Å². The fraction of sp³-hybridized carbons (Fsp3) is 0.462. The maximum atomic E-state index is 11.4. The lowest BCUT2D eigenvalue weighted by atomic mass is 9.98. The molecular formula is C13H16O4. The first-order valence-electron chi connectivity index (χ1n) is 5.76. The number of ketones is 1. The average Bonchev–Trinajstić information content (AvgIpc) is 2.70. The summed E-state index contributed by atoms with van der Waals surface area (Å²) in [7, 11) is 0. The number of Topliss-reactive ketones (excluding diaryl/α,β-unsaturated/α-hetero) is 1. The van der Waals surface area contributed by atoms with Crippen LogP contribution in [0.2, 0.25) is 0 Å². The molecule has 3 N–H and O–H groups in total. The summed E-state index contributed by atoms with van der Waals surface area (Å²) in [5, 5.41) is 28.2. The van der Waals surface area contributed by atoms with Crippen LogP contribution >= 0.6 is 0 Å². The van der Waals surface area contributed by atoms with E-state index in [2.05, 4.69) is 0 Å². The van der Waals surface area contributed by atoms with E-state index in [4.69, 9.17) is 5.11 Å². The van der Waals surface area contributed by atoms with Crippen molar-refractivity contribution in [1.29, 1.82) is 0 Å². The minimum atomic E-state index is -1.01. The fourth-order valence-corrected chi connectivity index (χ4v) is 2.17. The number of fused-ring (bicyclic) bond motifs is 1. The van der Waals surface area contributed by atoms with Crippen LogP contribution in [0, 0.1) is 0 Å². The van der Waals surface area contributed by atoms with Crippen LogP contribution in [0.1, 0.15) is 40.4 Å². The Morgan fingerprint density at radius 3 is 2.71 bits per heavy atom. The second-order valence-corrected chi connectivity index (χ2v) is 4.36. The van der Waals surface area contributed by atoms with Gasteiger partial charge in [-0.3, -0.25) is 4.79 Å². The summed E-state index contributed by atoms with van der Waals surface area (Å²) in [4.78, 5) is 11.4. The molecule has 0 aromatic heterocycles. The number of hydrogen-bond donors (Lipinski definition) is 3. The third kappa shape index (κ3) is 2.39. The Labute approximate surface area is 99.5 Å². The Balaban J connectivity index is 2.20. The van der Waals surface area contributed by atoms with Gasteiger partial charge in [0.25, 0.3) is 0 Å². The van der Waals surface area contributed by atoms with Gasteiger partial charge in [0.2, 0.25) is 0 Å². The van der Waals surface area contributed by atoms with Crippen molar-refractivity contribution in [2.45, 2.75) is 31.5 Å². The highest BCUT2D eigenvalue weighted by Crippen LogP contribution is 2.27. The molecule has 1 aromatic rings. The monoisotopic (exact) mass is 236 g/mol. The summed E-state index contributed by atoms with van der Waals surface area (Å²) in [6, 6.07) is 5.13. The van der Waals surface area contributed by atoms with Crippen molar-refractivity contribution >= 4 is 5.78 Å². The number of benzene rings is 1. The van der Waals surface area contributed by atoms with E-state index in [0.29, 0.717) is 18.4 Å². The van der Waals surface area contributed by atoms with Gasteiger partial charge in [0.15, 0.2) is 5.78 Å². The summed E-state index contributed by atoms with van der Waals surface area (Å²) in [5.41, 5.74) is 2.25. The van der Waals surface area contributed by atoms with Gasteiger partial charge in [-0.25, -0.2) is 0 Å². The van der Waals surface area contributed by atoms with Gasteiger partial charge in [-0.2, -0.15) is 0 Å². The van der Waals surface area contributed by atoms with Crippen LogP contribution in [0.3, 0.4) is 0 Å². The van der Waals surface area contributed by atoms with E-state index < -0.39 is 12.2 Å². The standard InChI is InChI=1S/C13H16O4/c14-6-5-12(16)13(17)9-1-3-10-8(7-9)2-4-11(10)15/h1,3,7,12-14,16-17H,2,4-6H2. The second kappa shape index (κ2) is 4.96. The molecule has 0 saturated carbocycles. The molecule has 0 fully saturated rings. The summed E-state index contributed by atoms with van der Waals surface area (Å²) >= 11 is 0. The van der Waals surface area contributed by atoms with Crippen LogP contribution < -0.4 is 0 Å². The maximum absolute atomic E-state index is 11.4. The molecule has 0 aliphatic heterocycles. The van der Waals surface area contributed by atoms with Crippen LogP contribution in [0.15, 0.2) is 18.2 Å². The zero-order valence-corrected chi connectivity index (χ0v) is 9.47. The molecule has 4 nitrogen and oxygen atoms in total. The molecule has 2 rings (SSSR count). The SMILES string of the molecule is O=C1CCc2cc(C(O)C(O)CCO)ccc21. The molecule has 0 amide bonds. The first-order chi connectivity index (χ1) is 8.13. The molecule has 17 heavy (non-hydrogen) atoms. The molecule has 0 spiro atoms. The number of aliphatic hydroxyl groups is 3. The normalized spacial score (nSPS) is 17.9. The highest BCUT2D eigenvalue weighted by Gasteiger charge is 2.23. The zero-order valence-electron chi connectivity index (χ0n) is 9.47. The smallest absolute Gasteiger partial charge is 0.163 e. The molecule has 0 heterocycles. The summed E-state index contributed by atoms with van der Waals surface area (Å²) in [6.45, 7) is -0.165. The van der Waals surface area contributed by atoms with Gasteiger partial charge >= 0.3 is 0 Å². The number of hydrogen-bond acceptors (Lipinski definition) is 4. The van der Waals surface area contributed by atoms with Crippen molar-refractivity contribution in [2.24, 2.45) is 0 Å². The Bertz CT molecular complexity index is 427. The number of rotatable bonds is 4. The van der Waals surface area contributed by atoms with Crippen molar-refractivity contribution in [1.82, 2.24) is 0 Å². The van der Waals surface area contributed by atoms with Crippen molar-refractivity contribution < 1.29 is 20.1 Å². The van der Waals surface area contributed by atoms with Crippen molar-refractivity contribution in [3.05, 3.63) is 34.9 Å². The number of carbonyl (C=O) groups is 1. The molecule has 2 atom stereocenters. The van der Waals surface area contributed by atoms with E-state index in [1.807, 2.05) is 0 Å². The third-order valence-electron chi connectivity index (χ3n) is 3.18. The minimum absolute atomic E-state index is 0.136. The van der Waals surface area contributed by atoms with E-state index in [9.17, 15) is 15.0 Å². The van der Waals surface area contributed by atoms with Gasteiger partial charge in [0.05, 0.1) is 6.10 Å². The Kier molecular flexibility index (Phi) is 3.57. The van der Waals surface area contributed by atoms with Gasteiger partial charge in [-0.1, -0.05) is 18.2 Å². The van der Waals surface area contributed by atoms with E-state index in [1.165, 1.54) is 0 Å². The second-order valence-electron chi connectivity index (χ2n) is 4.36. The van der Waals surface area contributed by atoms with E-state index in [1.54, 1.807) is 18.2 Å². The number of aliphatic hydroxyl groups excluding tert-OH is 3. The van der Waals surface area contributed by atoms with Crippen molar-refractivity contribution in [3.8, 4) is 0 Å². The van der Waals surface area contributed by atoms with Crippen molar-refractivity contribution in [2.75, 3.05) is 6.61 Å². The molecule has 0 bridgehead atoms. The third-order valence-corrected chi connectivity index (χ3v) is 3.18.